The molecule has 2 bridgehead atoms. The minimum absolute atomic E-state index is 0.233. The largest absolute Gasteiger partial charge is 0.355 e. The lowest BCUT2D eigenvalue weighted by atomic mass is 10.1. The fourth-order valence-electron chi connectivity index (χ4n) is 2.73. The van der Waals surface area contributed by atoms with Gasteiger partial charge in [0.15, 0.2) is 0 Å². The van der Waals surface area contributed by atoms with Crippen molar-refractivity contribution < 1.29 is 14.3 Å². The van der Waals surface area contributed by atoms with Gasteiger partial charge in [-0.1, -0.05) is 12.1 Å². The molecule has 2 amide bonds. The Labute approximate surface area is 117 Å². The fraction of sp³-hybridized carbons (Fsp3) is 0.467. The maximum absolute atomic E-state index is 12.2. The zero-order chi connectivity index (χ0) is 14.3. The molecule has 1 N–H and O–H groups in total. The van der Waals surface area contributed by atoms with Crippen molar-refractivity contribution in [2.24, 2.45) is 0 Å². The number of carbonyl (C=O) groups excluding carboxylic acids is 2. The van der Waals surface area contributed by atoms with E-state index in [1.165, 1.54) is 4.90 Å². The van der Waals surface area contributed by atoms with Crippen LogP contribution in [-0.2, 0) is 14.3 Å². The van der Waals surface area contributed by atoms with E-state index in [1.807, 2.05) is 31.3 Å². The number of nitrogens with zero attached hydrogens (tertiary/aromatic N) is 1. The van der Waals surface area contributed by atoms with E-state index in [4.69, 9.17) is 4.74 Å². The zero-order valence-corrected chi connectivity index (χ0v) is 11.6. The molecule has 1 aromatic rings. The molecule has 0 aromatic heterocycles. The molecule has 20 heavy (non-hydrogen) atoms. The molecule has 1 aromatic carbocycles. The van der Waals surface area contributed by atoms with Crippen LogP contribution in [0.15, 0.2) is 24.3 Å². The predicted octanol–water partition coefficient (Wildman–Crippen LogP) is 1.39. The minimum atomic E-state index is -0.450. The van der Waals surface area contributed by atoms with Gasteiger partial charge >= 0.3 is 0 Å². The van der Waals surface area contributed by atoms with Crippen molar-refractivity contribution in [2.75, 3.05) is 11.9 Å². The normalized spacial score (nSPS) is 27.0. The fourth-order valence-corrected chi connectivity index (χ4v) is 2.73. The van der Waals surface area contributed by atoms with E-state index in [2.05, 4.69) is 12.2 Å². The average molecular weight is 274 g/mol. The van der Waals surface area contributed by atoms with Crippen LogP contribution in [0.3, 0.4) is 0 Å². The van der Waals surface area contributed by atoms with Gasteiger partial charge in [0.1, 0.15) is 12.2 Å². The number of hydrogen-bond donors (Lipinski definition) is 1. The summed E-state index contributed by atoms with van der Waals surface area (Å²) in [5.74, 6) is -0.476. The summed E-state index contributed by atoms with van der Waals surface area (Å²) < 4.78 is 5.40. The first-order valence-corrected chi connectivity index (χ1v) is 6.92. The smallest absolute Gasteiger partial charge is 0.262 e. The molecule has 0 saturated carbocycles. The number of morpholine rings is 1. The molecule has 2 aliphatic heterocycles. The molecule has 2 fully saturated rings. The number of carbonyl (C=O) groups is 2. The van der Waals surface area contributed by atoms with Gasteiger partial charge in [0, 0.05) is 6.04 Å². The number of anilines is 1. The number of ether oxygens (including phenoxy) is 1. The lowest BCUT2D eigenvalue weighted by molar-refractivity contribution is -0.146. The molecule has 5 nitrogen and oxygen atoms in total. The Bertz CT molecular complexity index is 519. The molecule has 2 saturated heterocycles. The van der Waals surface area contributed by atoms with Crippen LogP contribution >= 0.6 is 0 Å². The average Bonchev–Trinajstić information content (AvgIpc) is 2.92. The lowest BCUT2D eigenvalue weighted by Crippen LogP contribution is -2.52. The van der Waals surface area contributed by atoms with E-state index in [-0.39, 0.29) is 17.9 Å². The van der Waals surface area contributed by atoms with Gasteiger partial charge < -0.3 is 10.1 Å². The predicted molar refractivity (Wildman–Crippen MR) is 74.3 cm³/mol. The monoisotopic (exact) mass is 274 g/mol. The third kappa shape index (κ3) is 2.03. The number of amides is 2. The Hall–Kier alpha value is -1.72. The van der Waals surface area contributed by atoms with Crippen LogP contribution in [0.2, 0.25) is 0 Å². The van der Waals surface area contributed by atoms with Gasteiger partial charge in [-0.15, -0.1) is 0 Å². The number of rotatable bonds is 3. The Morgan fingerprint density at radius 3 is 2.20 bits per heavy atom. The first-order valence-electron chi connectivity index (χ1n) is 6.92. The summed E-state index contributed by atoms with van der Waals surface area (Å²) in [4.78, 5) is 25.8. The third-order valence-electron chi connectivity index (χ3n) is 4.10. The molecular formula is C15H18N2O3. The number of nitrogens with one attached hydrogen (secondary N) is 1. The van der Waals surface area contributed by atoms with Gasteiger partial charge in [0.25, 0.3) is 11.8 Å². The van der Waals surface area contributed by atoms with E-state index >= 15 is 0 Å². The molecule has 0 aliphatic carbocycles. The van der Waals surface area contributed by atoms with E-state index in [1.54, 1.807) is 0 Å². The van der Waals surface area contributed by atoms with Crippen LogP contribution in [0.4, 0.5) is 5.69 Å². The van der Waals surface area contributed by atoms with Gasteiger partial charge in [-0.2, -0.15) is 0 Å². The Morgan fingerprint density at radius 1 is 1.15 bits per heavy atom. The summed E-state index contributed by atoms with van der Waals surface area (Å²) in [5.41, 5.74) is 1.75. The molecule has 0 radical (unpaired) electrons. The summed E-state index contributed by atoms with van der Waals surface area (Å²) in [6.07, 6.45) is 0.378. The van der Waals surface area contributed by atoms with Crippen LogP contribution in [0.1, 0.15) is 31.4 Å². The standard InChI is InChI=1S/C15H18N2O3/c1-9(16-2)10-3-5-11(6-4-10)17-14(18)12-7-8-13(20-12)15(17)19/h3-6,9,12-13,16H,7-8H2,1-2H3. The minimum Gasteiger partial charge on any atom is -0.355 e. The van der Waals surface area contributed by atoms with Gasteiger partial charge in [-0.25, -0.2) is 4.90 Å². The second kappa shape index (κ2) is 5.00. The van der Waals surface area contributed by atoms with Gasteiger partial charge in [-0.05, 0) is 44.5 Å². The van der Waals surface area contributed by atoms with Crippen molar-refractivity contribution in [1.82, 2.24) is 5.32 Å². The number of hydrogen-bond acceptors (Lipinski definition) is 4. The summed E-state index contributed by atoms with van der Waals surface area (Å²) in [5, 5.41) is 3.15. The molecule has 3 rings (SSSR count). The van der Waals surface area contributed by atoms with Crippen LogP contribution in [0.25, 0.3) is 0 Å². The Morgan fingerprint density at radius 2 is 1.70 bits per heavy atom. The summed E-state index contributed by atoms with van der Waals surface area (Å²) in [6, 6.07) is 7.76. The molecule has 106 valence electrons. The third-order valence-corrected chi connectivity index (χ3v) is 4.10. The van der Waals surface area contributed by atoms with E-state index < -0.39 is 12.2 Å². The van der Waals surface area contributed by atoms with Crippen LogP contribution in [0.5, 0.6) is 0 Å². The topological polar surface area (TPSA) is 58.6 Å². The number of fused-ring (bicyclic) bond motifs is 2. The highest BCUT2D eigenvalue weighted by molar-refractivity contribution is 6.19. The van der Waals surface area contributed by atoms with Gasteiger partial charge in [0.05, 0.1) is 5.69 Å². The van der Waals surface area contributed by atoms with Crippen LogP contribution in [0, 0.1) is 0 Å². The van der Waals surface area contributed by atoms with E-state index in [0.29, 0.717) is 18.5 Å². The van der Waals surface area contributed by atoms with Crippen LogP contribution < -0.4 is 10.2 Å². The highest BCUT2D eigenvalue weighted by Gasteiger charge is 2.47. The lowest BCUT2D eigenvalue weighted by Gasteiger charge is -2.30. The van der Waals surface area contributed by atoms with Crippen molar-refractivity contribution in [3.05, 3.63) is 29.8 Å². The molecule has 5 heteroatoms. The number of imide groups is 1. The van der Waals surface area contributed by atoms with E-state index in [0.717, 1.165) is 5.56 Å². The highest BCUT2D eigenvalue weighted by Crippen LogP contribution is 2.32. The summed E-state index contributed by atoms with van der Waals surface area (Å²) in [6.45, 7) is 2.06. The Balaban J connectivity index is 1.88. The molecule has 3 unspecified atom stereocenters. The Kier molecular flexibility index (Phi) is 3.31. The van der Waals surface area contributed by atoms with Crippen molar-refractivity contribution in [3.8, 4) is 0 Å². The van der Waals surface area contributed by atoms with Gasteiger partial charge in [0.2, 0.25) is 0 Å². The number of benzene rings is 1. The molecule has 2 aliphatic rings. The summed E-state index contributed by atoms with van der Waals surface area (Å²) in [7, 11) is 1.89. The zero-order valence-electron chi connectivity index (χ0n) is 11.6. The van der Waals surface area contributed by atoms with Crippen molar-refractivity contribution in [2.45, 2.75) is 38.0 Å². The second-order valence-electron chi connectivity index (χ2n) is 5.30. The molecule has 2 heterocycles. The highest BCUT2D eigenvalue weighted by atomic mass is 16.5. The molecular weight excluding hydrogens is 256 g/mol. The van der Waals surface area contributed by atoms with Crippen molar-refractivity contribution in [1.29, 1.82) is 0 Å². The maximum atomic E-state index is 12.2. The van der Waals surface area contributed by atoms with Crippen molar-refractivity contribution in [3.63, 3.8) is 0 Å². The summed E-state index contributed by atoms with van der Waals surface area (Å²) >= 11 is 0. The SMILES string of the molecule is CNC(C)c1ccc(N2C(=O)C3CCC(O3)C2=O)cc1. The van der Waals surface area contributed by atoms with Gasteiger partial charge in [-0.3, -0.25) is 9.59 Å². The van der Waals surface area contributed by atoms with E-state index in [9.17, 15) is 9.59 Å². The van der Waals surface area contributed by atoms with Crippen LogP contribution in [-0.4, -0.2) is 31.1 Å². The maximum Gasteiger partial charge on any atom is 0.262 e. The quantitative estimate of drug-likeness (QED) is 0.846. The molecule has 0 spiro atoms. The first-order chi connectivity index (χ1) is 9.61. The molecule has 3 atom stereocenters. The first kappa shape index (κ1) is 13.3. The van der Waals surface area contributed by atoms with Crippen molar-refractivity contribution >= 4 is 17.5 Å². The second-order valence-corrected chi connectivity index (χ2v) is 5.30.